The van der Waals surface area contributed by atoms with Crippen molar-refractivity contribution >= 4 is 11.7 Å². The first-order valence-corrected chi connectivity index (χ1v) is 8.78. The number of ether oxygens (including phenoxy) is 2. The summed E-state index contributed by atoms with van der Waals surface area (Å²) in [5.74, 6) is 1.92. The highest BCUT2D eigenvalue weighted by atomic mass is 16.7. The fourth-order valence-electron chi connectivity index (χ4n) is 3.34. The molecule has 8 heteroatoms. The molecule has 8 nitrogen and oxygen atoms in total. The molecule has 2 aliphatic heterocycles. The molecule has 1 fully saturated rings. The standard InChI is InChI=1S/C18H22N4O4/c1-11-19-16(26-21-11)12-5-4-8-22(10-12)17(23)20-13-6-7-14-15(9-13)25-18(2,3)24-14/h6-7,9,12H,4-5,8,10H2,1-3H3,(H,20,23). The molecule has 2 aliphatic rings. The molecule has 1 aromatic carbocycles. The third-order valence-corrected chi connectivity index (χ3v) is 4.51. The van der Waals surface area contributed by atoms with Crippen LogP contribution in [-0.4, -0.2) is 39.9 Å². The molecule has 0 bridgehead atoms. The molecule has 1 aromatic heterocycles. The van der Waals surface area contributed by atoms with Crippen molar-refractivity contribution < 1.29 is 18.8 Å². The van der Waals surface area contributed by atoms with Gasteiger partial charge in [0, 0.05) is 38.7 Å². The number of nitrogens with one attached hydrogen (secondary N) is 1. The molecule has 138 valence electrons. The Kier molecular flexibility index (Phi) is 3.97. The van der Waals surface area contributed by atoms with Gasteiger partial charge < -0.3 is 24.2 Å². The Hall–Kier alpha value is -2.77. The number of aryl methyl sites for hydroxylation is 1. The number of anilines is 1. The maximum atomic E-state index is 12.7. The maximum Gasteiger partial charge on any atom is 0.321 e. The van der Waals surface area contributed by atoms with E-state index < -0.39 is 5.79 Å². The lowest BCUT2D eigenvalue weighted by molar-refractivity contribution is -0.0431. The molecule has 0 radical (unpaired) electrons. The number of likely N-dealkylation sites (tertiary alicyclic amines) is 1. The quantitative estimate of drug-likeness (QED) is 0.886. The van der Waals surface area contributed by atoms with Crippen LogP contribution in [0.2, 0.25) is 0 Å². The molecule has 1 N–H and O–H groups in total. The Morgan fingerprint density at radius 1 is 1.31 bits per heavy atom. The molecule has 0 spiro atoms. The lowest BCUT2D eigenvalue weighted by Gasteiger charge is -2.31. The minimum absolute atomic E-state index is 0.0771. The Morgan fingerprint density at radius 2 is 2.12 bits per heavy atom. The van der Waals surface area contributed by atoms with Crippen LogP contribution in [0.15, 0.2) is 22.7 Å². The van der Waals surface area contributed by atoms with E-state index in [4.69, 9.17) is 14.0 Å². The van der Waals surface area contributed by atoms with Gasteiger partial charge in [0.05, 0.1) is 5.92 Å². The second-order valence-electron chi connectivity index (χ2n) is 7.16. The average Bonchev–Trinajstić information content (AvgIpc) is 3.16. The van der Waals surface area contributed by atoms with E-state index in [1.165, 1.54) is 0 Å². The van der Waals surface area contributed by atoms with Gasteiger partial charge in [-0.15, -0.1) is 0 Å². The van der Waals surface area contributed by atoms with E-state index in [-0.39, 0.29) is 11.9 Å². The summed E-state index contributed by atoms with van der Waals surface area (Å²) in [4.78, 5) is 18.7. The van der Waals surface area contributed by atoms with E-state index in [0.717, 1.165) is 12.8 Å². The molecule has 1 unspecified atom stereocenters. The summed E-state index contributed by atoms with van der Waals surface area (Å²) in [6.45, 7) is 6.75. The van der Waals surface area contributed by atoms with Gasteiger partial charge in [0.25, 0.3) is 0 Å². The highest BCUT2D eigenvalue weighted by Crippen LogP contribution is 2.40. The number of benzene rings is 1. The fourth-order valence-corrected chi connectivity index (χ4v) is 3.34. The Labute approximate surface area is 151 Å². The van der Waals surface area contributed by atoms with E-state index in [9.17, 15) is 4.79 Å². The average molecular weight is 358 g/mol. The first-order valence-electron chi connectivity index (χ1n) is 8.78. The van der Waals surface area contributed by atoms with Crippen molar-refractivity contribution in [2.75, 3.05) is 18.4 Å². The Morgan fingerprint density at radius 3 is 2.88 bits per heavy atom. The topological polar surface area (TPSA) is 89.7 Å². The van der Waals surface area contributed by atoms with Crippen LogP contribution < -0.4 is 14.8 Å². The molecule has 1 saturated heterocycles. The third-order valence-electron chi connectivity index (χ3n) is 4.51. The maximum absolute atomic E-state index is 12.7. The molecule has 26 heavy (non-hydrogen) atoms. The number of aromatic nitrogens is 2. The van der Waals surface area contributed by atoms with Gasteiger partial charge in [-0.05, 0) is 31.9 Å². The van der Waals surface area contributed by atoms with E-state index in [0.29, 0.717) is 42.0 Å². The van der Waals surface area contributed by atoms with Gasteiger partial charge in [-0.2, -0.15) is 4.98 Å². The molecular weight excluding hydrogens is 336 g/mol. The number of carbonyl (C=O) groups excluding carboxylic acids is 1. The number of fused-ring (bicyclic) bond motifs is 1. The summed E-state index contributed by atoms with van der Waals surface area (Å²) in [5.41, 5.74) is 0.672. The van der Waals surface area contributed by atoms with Gasteiger partial charge >= 0.3 is 6.03 Å². The second-order valence-corrected chi connectivity index (χ2v) is 7.16. The van der Waals surface area contributed by atoms with Crippen molar-refractivity contribution in [3.8, 4) is 11.5 Å². The van der Waals surface area contributed by atoms with Gasteiger partial charge in [0.15, 0.2) is 17.3 Å². The molecular formula is C18H22N4O4. The van der Waals surface area contributed by atoms with Gasteiger partial charge in [0.2, 0.25) is 11.7 Å². The molecule has 2 aromatic rings. The monoisotopic (exact) mass is 358 g/mol. The van der Waals surface area contributed by atoms with Crippen LogP contribution in [0.25, 0.3) is 0 Å². The minimum atomic E-state index is -0.687. The van der Waals surface area contributed by atoms with Crippen LogP contribution in [0.4, 0.5) is 10.5 Å². The summed E-state index contributed by atoms with van der Waals surface area (Å²) in [7, 11) is 0. The van der Waals surface area contributed by atoms with Crippen LogP contribution in [0.1, 0.15) is 44.3 Å². The lowest BCUT2D eigenvalue weighted by Crippen LogP contribution is -2.41. The zero-order valence-electron chi connectivity index (χ0n) is 15.1. The number of rotatable bonds is 2. The van der Waals surface area contributed by atoms with Gasteiger partial charge in [-0.1, -0.05) is 5.16 Å². The third kappa shape index (κ3) is 3.31. The number of carbonyl (C=O) groups is 1. The summed E-state index contributed by atoms with van der Waals surface area (Å²) in [6, 6.07) is 5.25. The normalized spacial score (nSPS) is 20.9. The van der Waals surface area contributed by atoms with E-state index >= 15 is 0 Å². The predicted octanol–water partition coefficient (Wildman–Crippen LogP) is 3.30. The number of hydrogen-bond donors (Lipinski definition) is 1. The number of urea groups is 1. The van der Waals surface area contributed by atoms with Crippen LogP contribution in [0.5, 0.6) is 11.5 Å². The number of amides is 2. The molecule has 1 atom stereocenters. The highest BCUT2D eigenvalue weighted by molar-refractivity contribution is 5.89. The molecule has 0 aliphatic carbocycles. The SMILES string of the molecule is Cc1noc(C2CCCN(C(=O)Nc3ccc4c(c3)OC(C)(C)O4)C2)n1. The molecule has 4 rings (SSSR count). The summed E-state index contributed by atoms with van der Waals surface area (Å²) < 4.78 is 16.7. The number of hydrogen-bond acceptors (Lipinski definition) is 6. The van der Waals surface area contributed by atoms with E-state index in [2.05, 4.69) is 15.5 Å². The first kappa shape index (κ1) is 16.7. The first-order chi connectivity index (χ1) is 12.4. The van der Waals surface area contributed by atoms with Crippen molar-refractivity contribution in [2.45, 2.75) is 45.3 Å². The van der Waals surface area contributed by atoms with Crippen LogP contribution in [0.3, 0.4) is 0 Å². The van der Waals surface area contributed by atoms with Crippen LogP contribution >= 0.6 is 0 Å². The Balaban J connectivity index is 1.42. The number of nitrogens with zero attached hydrogens (tertiary/aromatic N) is 3. The summed E-state index contributed by atoms with van der Waals surface area (Å²) >= 11 is 0. The minimum Gasteiger partial charge on any atom is -0.449 e. The summed E-state index contributed by atoms with van der Waals surface area (Å²) in [6.07, 6.45) is 1.83. The fraction of sp³-hybridized carbons (Fsp3) is 0.500. The molecule has 2 amide bonds. The number of piperidine rings is 1. The highest BCUT2D eigenvalue weighted by Gasteiger charge is 2.32. The molecule has 0 saturated carbocycles. The largest absolute Gasteiger partial charge is 0.449 e. The van der Waals surface area contributed by atoms with Gasteiger partial charge in [0.1, 0.15) is 0 Å². The lowest BCUT2D eigenvalue weighted by atomic mass is 9.98. The summed E-state index contributed by atoms with van der Waals surface area (Å²) in [5, 5.41) is 6.77. The Bertz CT molecular complexity index is 832. The van der Waals surface area contributed by atoms with Crippen LogP contribution in [0, 0.1) is 6.92 Å². The van der Waals surface area contributed by atoms with E-state index in [1.807, 2.05) is 19.9 Å². The van der Waals surface area contributed by atoms with Crippen molar-refractivity contribution in [1.82, 2.24) is 15.0 Å². The van der Waals surface area contributed by atoms with Crippen molar-refractivity contribution in [3.63, 3.8) is 0 Å². The zero-order chi connectivity index (χ0) is 18.3. The van der Waals surface area contributed by atoms with E-state index in [1.54, 1.807) is 24.0 Å². The molecule has 3 heterocycles. The van der Waals surface area contributed by atoms with Crippen LogP contribution in [-0.2, 0) is 0 Å². The van der Waals surface area contributed by atoms with Crippen molar-refractivity contribution in [2.24, 2.45) is 0 Å². The predicted molar refractivity (Wildman–Crippen MR) is 93.4 cm³/mol. The second kappa shape index (κ2) is 6.19. The van der Waals surface area contributed by atoms with Crippen molar-refractivity contribution in [3.05, 3.63) is 29.9 Å². The van der Waals surface area contributed by atoms with Crippen molar-refractivity contribution in [1.29, 1.82) is 0 Å². The van der Waals surface area contributed by atoms with Gasteiger partial charge in [-0.25, -0.2) is 4.79 Å². The zero-order valence-corrected chi connectivity index (χ0v) is 15.1. The smallest absolute Gasteiger partial charge is 0.321 e. The van der Waals surface area contributed by atoms with Gasteiger partial charge in [-0.3, -0.25) is 0 Å².